The molecule has 2 aromatic carbocycles. The van der Waals surface area contributed by atoms with Crippen LogP contribution >= 0.6 is 11.8 Å². The number of fused-ring (bicyclic) bond motifs is 1. The van der Waals surface area contributed by atoms with Crippen molar-refractivity contribution in [2.24, 2.45) is 0 Å². The monoisotopic (exact) mass is 248 g/mol. The Morgan fingerprint density at radius 3 is 2.53 bits per heavy atom. The van der Waals surface area contributed by atoms with E-state index in [0.717, 1.165) is 23.5 Å². The minimum atomic E-state index is 0.234. The van der Waals surface area contributed by atoms with E-state index in [-0.39, 0.29) is 11.5 Å². The molecule has 2 aromatic rings. The van der Waals surface area contributed by atoms with E-state index in [9.17, 15) is 10.2 Å². The van der Waals surface area contributed by atoms with Crippen LogP contribution < -0.4 is 0 Å². The number of phenolic OH excluding ortho intramolecular Hbond substituents is 2. The average molecular weight is 248 g/mol. The maximum absolute atomic E-state index is 10.1. The Bertz CT molecular complexity index is 523. The smallest absolute Gasteiger partial charge is 0.137 e. The summed E-state index contributed by atoms with van der Waals surface area (Å²) in [5.74, 6) is 1.47. The number of benzene rings is 2. The van der Waals surface area contributed by atoms with Crippen LogP contribution in [0.2, 0.25) is 0 Å². The van der Waals surface area contributed by atoms with E-state index in [1.54, 1.807) is 17.8 Å². The molecule has 0 saturated carbocycles. The molecule has 0 unspecified atom stereocenters. The second kappa shape index (κ2) is 5.32. The summed E-state index contributed by atoms with van der Waals surface area (Å²) in [4.78, 5) is 0.759. The molecular formula is C14H16O2S. The van der Waals surface area contributed by atoms with Crippen LogP contribution in [-0.4, -0.2) is 16.0 Å². The molecule has 0 bridgehead atoms. The number of rotatable bonds is 4. The first-order valence-corrected chi connectivity index (χ1v) is 6.79. The first-order chi connectivity index (χ1) is 8.24. The molecule has 0 aliphatic rings. The summed E-state index contributed by atoms with van der Waals surface area (Å²) >= 11 is 1.59. The van der Waals surface area contributed by atoms with Crippen molar-refractivity contribution in [1.82, 2.24) is 0 Å². The van der Waals surface area contributed by atoms with E-state index in [2.05, 4.69) is 6.92 Å². The quantitative estimate of drug-likeness (QED) is 0.485. The summed E-state index contributed by atoms with van der Waals surface area (Å²) in [6, 6.07) is 9.00. The predicted octanol–water partition coefficient (Wildman–Crippen LogP) is 4.14. The van der Waals surface area contributed by atoms with Gasteiger partial charge in [0, 0.05) is 10.8 Å². The highest BCUT2D eigenvalue weighted by molar-refractivity contribution is 7.99. The first kappa shape index (κ1) is 12.1. The number of unbranched alkanes of at least 4 members (excludes halogenated alkanes) is 1. The number of thioether (sulfide) groups is 1. The summed E-state index contributed by atoms with van der Waals surface area (Å²) in [6.07, 6.45) is 2.24. The third-order valence-electron chi connectivity index (χ3n) is 2.71. The van der Waals surface area contributed by atoms with Crippen LogP contribution in [0.15, 0.2) is 35.2 Å². The zero-order chi connectivity index (χ0) is 12.3. The number of phenols is 2. The van der Waals surface area contributed by atoms with Gasteiger partial charge in [-0.3, -0.25) is 0 Å². The molecule has 3 heteroatoms. The molecule has 0 heterocycles. The Morgan fingerprint density at radius 2 is 1.82 bits per heavy atom. The summed E-state index contributed by atoms with van der Waals surface area (Å²) < 4.78 is 0. The molecule has 2 nitrogen and oxygen atoms in total. The highest BCUT2D eigenvalue weighted by Crippen LogP contribution is 2.40. The van der Waals surface area contributed by atoms with E-state index < -0.39 is 0 Å². The van der Waals surface area contributed by atoms with Gasteiger partial charge >= 0.3 is 0 Å². The van der Waals surface area contributed by atoms with Crippen LogP contribution in [0.4, 0.5) is 0 Å². The minimum Gasteiger partial charge on any atom is -0.507 e. The number of hydrogen-bond donors (Lipinski definition) is 2. The van der Waals surface area contributed by atoms with Crippen molar-refractivity contribution in [2.75, 3.05) is 5.75 Å². The third-order valence-corrected chi connectivity index (χ3v) is 3.83. The lowest BCUT2D eigenvalue weighted by Crippen LogP contribution is -1.82. The van der Waals surface area contributed by atoms with Gasteiger partial charge in [0.15, 0.2) is 0 Å². The highest BCUT2D eigenvalue weighted by atomic mass is 32.2. The lowest BCUT2D eigenvalue weighted by molar-refractivity contribution is 0.458. The normalized spacial score (nSPS) is 10.9. The molecule has 0 fully saturated rings. The van der Waals surface area contributed by atoms with E-state index in [4.69, 9.17) is 0 Å². The van der Waals surface area contributed by atoms with Gasteiger partial charge in [0.05, 0.1) is 4.90 Å². The Balaban J connectivity index is 2.40. The maximum Gasteiger partial charge on any atom is 0.137 e. The molecule has 0 amide bonds. The highest BCUT2D eigenvalue weighted by Gasteiger charge is 2.10. The van der Waals surface area contributed by atoms with E-state index >= 15 is 0 Å². The molecular weight excluding hydrogens is 232 g/mol. The lowest BCUT2D eigenvalue weighted by atomic mass is 10.1. The first-order valence-electron chi connectivity index (χ1n) is 5.80. The largest absolute Gasteiger partial charge is 0.507 e. The van der Waals surface area contributed by atoms with Gasteiger partial charge in [0.2, 0.25) is 0 Å². The Kier molecular flexibility index (Phi) is 3.79. The number of hydrogen-bond acceptors (Lipinski definition) is 3. The Labute approximate surface area is 105 Å². The van der Waals surface area contributed by atoms with Gasteiger partial charge in [0.1, 0.15) is 11.5 Å². The zero-order valence-corrected chi connectivity index (χ0v) is 10.6. The fourth-order valence-corrected chi connectivity index (χ4v) is 2.85. The molecule has 2 N–H and O–H groups in total. The van der Waals surface area contributed by atoms with Crippen LogP contribution in [-0.2, 0) is 0 Å². The van der Waals surface area contributed by atoms with Gasteiger partial charge < -0.3 is 10.2 Å². The topological polar surface area (TPSA) is 40.5 Å². The van der Waals surface area contributed by atoms with Crippen molar-refractivity contribution in [1.29, 1.82) is 0 Å². The van der Waals surface area contributed by atoms with Crippen molar-refractivity contribution in [3.8, 4) is 11.5 Å². The molecule has 90 valence electrons. The van der Waals surface area contributed by atoms with Crippen molar-refractivity contribution in [3.63, 3.8) is 0 Å². The van der Waals surface area contributed by atoms with Gasteiger partial charge in [0.25, 0.3) is 0 Å². The molecule has 0 aliphatic heterocycles. The van der Waals surface area contributed by atoms with Gasteiger partial charge in [-0.1, -0.05) is 37.6 Å². The third kappa shape index (κ3) is 2.50. The zero-order valence-electron chi connectivity index (χ0n) is 9.81. The molecule has 0 atom stereocenters. The van der Waals surface area contributed by atoms with Gasteiger partial charge in [-0.05, 0) is 18.2 Å². The molecule has 0 aliphatic carbocycles. The van der Waals surface area contributed by atoms with E-state index in [0.29, 0.717) is 10.8 Å². The molecule has 0 spiro atoms. The van der Waals surface area contributed by atoms with Crippen LogP contribution in [0.1, 0.15) is 19.8 Å². The van der Waals surface area contributed by atoms with Crippen LogP contribution in [0.25, 0.3) is 10.8 Å². The maximum atomic E-state index is 10.1. The summed E-state index contributed by atoms with van der Waals surface area (Å²) in [7, 11) is 0. The lowest BCUT2D eigenvalue weighted by Gasteiger charge is -2.09. The van der Waals surface area contributed by atoms with Gasteiger partial charge in [-0.2, -0.15) is 0 Å². The van der Waals surface area contributed by atoms with Crippen molar-refractivity contribution >= 4 is 22.5 Å². The van der Waals surface area contributed by atoms with E-state index in [1.807, 2.05) is 24.3 Å². The standard InChI is InChI=1S/C14H16O2S/c1-2-3-8-17-13-9-12(15)10-6-4-5-7-11(10)14(13)16/h4-7,9,15-16H,2-3,8H2,1H3. The van der Waals surface area contributed by atoms with Crippen LogP contribution in [0.5, 0.6) is 11.5 Å². The predicted molar refractivity (Wildman–Crippen MR) is 72.9 cm³/mol. The Hall–Kier alpha value is -1.35. The molecule has 0 aromatic heterocycles. The fourth-order valence-electron chi connectivity index (χ4n) is 1.75. The van der Waals surface area contributed by atoms with Crippen LogP contribution in [0, 0.1) is 0 Å². The fraction of sp³-hybridized carbons (Fsp3) is 0.286. The molecule has 17 heavy (non-hydrogen) atoms. The van der Waals surface area contributed by atoms with E-state index in [1.165, 1.54) is 0 Å². The summed E-state index contributed by atoms with van der Waals surface area (Å²) in [5.41, 5.74) is 0. The summed E-state index contributed by atoms with van der Waals surface area (Å²) in [5, 5.41) is 21.5. The average Bonchev–Trinajstić information content (AvgIpc) is 2.36. The van der Waals surface area contributed by atoms with Gasteiger partial charge in [-0.15, -0.1) is 11.8 Å². The molecule has 0 radical (unpaired) electrons. The molecule has 0 saturated heterocycles. The van der Waals surface area contributed by atoms with Crippen molar-refractivity contribution < 1.29 is 10.2 Å². The van der Waals surface area contributed by atoms with Crippen molar-refractivity contribution in [2.45, 2.75) is 24.7 Å². The minimum absolute atomic E-state index is 0.234. The molecule has 2 rings (SSSR count). The van der Waals surface area contributed by atoms with Gasteiger partial charge in [-0.25, -0.2) is 0 Å². The Morgan fingerprint density at radius 1 is 1.12 bits per heavy atom. The number of aromatic hydroxyl groups is 2. The summed E-state index contributed by atoms with van der Waals surface area (Å²) in [6.45, 7) is 2.14. The van der Waals surface area contributed by atoms with Crippen molar-refractivity contribution in [3.05, 3.63) is 30.3 Å². The van der Waals surface area contributed by atoms with Crippen LogP contribution in [0.3, 0.4) is 0 Å². The SMILES string of the molecule is CCCCSc1cc(O)c2ccccc2c1O. The second-order valence-corrected chi connectivity index (χ2v) is 5.13. The second-order valence-electron chi connectivity index (χ2n) is 3.99.